The Morgan fingerprint density at radius 2 is 1.97 bits per heavy atom. The number of aliphatic hydroxyl groups is 2. The van der Waals surface area contributed by atoms with Crippen molar-refractivity contribution in [1.29, 1.82) is 0 Å². The maximum absolute atomic E-state index is 12.5. The van der Waals surface area contributed by atoms with Crippen molar-refractivity contribution in [2.24, 2.45) is 5.92 Å². The van der Waals surface area contributed by atoms with Gasteiger partial charge in [-0.3, -0.25) is 9.59 Å². The molecule has 0 bridgehead atoms. The molecule has 0 radical (unpaired) electrons. The molecular formula is C26H37BrO6S. The van der Waals surface area contributed by atoms with Crippen molar-refractivity contribution >= 4 is 39.4 Å². The summed E-state index contributed by atoms with van der Waals surface area (Å²) < 4.78 is 6.85. The van der Waals surface area contributed by atoms with Crippen LogP contribution in [0.25, 0.3) is 0 Å². The summed E-state index contributed by atoms with van der Waals surface area (Å²) in [6.45, 7) is 2.27. The number of unbranched alkanes of at least 4 members (excludes halogenated alkanes) is 3. The summed E-state index contributed by atoms with van der Waals surface area (Å²) in [6, 6.07) is 7.48. The number of halogens is 1. The van der Waals surface area contributed by atoms with Gasteiger partial charge < -0.3 is 20.1 Å². The summed E-state index contributed by atoms with van der Waals surface area (Å²) in [6.07, 6.45) is 8.64. The third-order valence-electron chi connectivity index (χ3n) is 6.03. The molecule has 1 aliphatic carbocycles. The van der Waals surface area contributed by atoms with Crippen molar-refractivity contribution in [3.05, 3.63) is 40.9 Å². The molecule has 0 aliphatic heterocycles. The average Bonchev–Trinajstić information content (AvgIpc) is 3.06. The Morgan fingerprint density at radius 1 is 1.24 bits per heavy atom. The van der Waals surface area contributed by atoms with Crippen LogP contribution in [0.5, 0.6) is 5.75 Å². The van der Waals surface area contributed by atoms with Gasteiger partial charge in [-0.1, -0.05) is 54.3 Å². The van der Waals surface area contributed by atoms with E-state index in [-0.39, 0.29) is 36.4 Å². The van der Waals surface area contributed by atoms with E-state index in [4.69, 9.17) is 9.84 Å². The van der Waals surface area contributed by atoms with E-state index in [2.05, 4.69) is 22.9 Å². The van der Waals surface area contributed by atoms with Gasteiger partial charge in [0.1, 0.15) is 23.7 Å². The lowest BCUT2D eigenvalue weighted by Crippen LogP contribution is -2.40. The van der Waals surface area contributed by atoms with E-state index in [1.54, 1.807) is 0 Å². The van der Waals surface area contributed by atoms with E-state index in [0.29, 0.717) is 37.2 Å². The van der Waals surface area contributed by atoms with E-state index in [1.165, 1.54) is 11.8 Å². The number of carboxylic acid groups (broad SMARTS) is 1. The van der Waals surface area contributed by atoms with Crippen LogP contribution in [0.3, 0.4) is 0 Å². The molecule has 2 rings (SSSR count). The minimum absolute atomic E-state index is 0.0424. The Bertz CT molecular complexity index is 799. The number of hydrogen-bond donors (Lipinski definition) is 3. The maximum atomic E-state index is 12.5. The zero-order chi connectivity index (χ0) is 25.0. The van der Waals surface area contributed by atoms with Crippen LogP contribution in [0.2, 0.25) is 0 Å². The van der Waals surface area contributed by atoms with E-state index in [0.717, 1.165) is 23.7 Å². The predicted molar refractivity (Wildman–Crippen MR) is 139 cm³/mol. The Morgan fingerprint density at radius 3 is 2.65 bits per heavy atom. The largest absolute Gasteiger partial charge is 0.491 e. The number of carboxylic acids is 1. The number of ketones is 1. The lowest BCUT2D eigenvalue weighted by atomic mass is 9.99. The Kier molecular flexibility index (Phi) is 12.7. The van der Waals surface area contributed by atoms with Crippen LogP contribution in [0.1, 0.15) is 64.7 Å². The van der Waals surface area contributed by atoms with E-state index < -0.39 is 17.7 Å². The minimum Gasteiger partial charge on any atom is -0.491 e. The van der Waals surface area contributed by atoms with Gasteiger partial charge in [0.15, 0.2) is 0 Å². The highest BCUT2D eigenvalue weighted by Crippen LogP contribution is 2.38. The van der Waals surface area contributed by atoms with Crippen LogP contribution in [0.15, 0.2) is 40.9 Å². The van der Waals surface area contributed by atoms with Gasteiger partial charge in [-0.2, -0.15) is 11.8 Å². The zero-order valence-corrected chi connectivity index (χ0v) is 22.2. The average molecular weight is 558 g/mol. The summed E-state index contributed by atoms with van der Waals surface area (Å²) in [5.41, 5.74) is -1.06. The number of rotatable bonds is 16. The number of allylic oxidation sites excluding steroid dienone is 2. The van der Waals surface area contributed by atoms with E-state index in [9.17, 15) is 19.8 Å². The van der Waals surface area contributed by atoms with E-state index >= 15 is 0 Å². The fourth-order valence-electron chi connectivity index (χ4n) is 4.04. The number of ether oxygens (including phenoxy) is 1. The second-order valence-corrected chi connectivity index (χ2v) is 11.1. The number of thioether (sulfide) groups is 1. The maximum Gasteiger partial charge on any atom is 0.303 e. The van der Waals surface area contributed by atoms with Gasteiger partial charge in [0.25, 0.3) is 0 Å². The fraction of sp³-hybridized carbons (Fsp3) is 0.615. The minimum atomic E-state index is -1.06. The smallest absolute Gasteiger partial charge is 0.303 e. The zero-order valence-electron chi connectivity index (χ0n) is 19.8. The molecule has 3 N–H and O–H groups in total. The van der Waals surface area contributed by atoms with Crippen LogP contribution < -0.4 is 4.74 Å². The normalized spacial score (nSPS) is 22.2. The standard InChI is InChI=1S/C26H37BrO6S/c1-2-3-8-15-26(32,17-33-20-13-11-19(27)12-14-20)18-34-25-21(22(28)16-23(25)29)9-6-4-5-7-10-24(30)31/h4,6,11-14,21,23,25,29,32H,2-3,5,7-10,15-18H2,1H3,(H,30,31)/t21-,23?,25+,26?/m0/s1. The fourth-order valence-corrected chi connectivity index (χ4v) is 5.85. The van der Waals surface area contributed by atoms with Crippen molar-refractivity contribution in [2.45, 2.75) is 81.7 Å². The van der Waals surface area contributed by atoms with Gasteiger partial charge in [-0.05, 0) is 49.9 Å². The first-order chi connectivity index (χ1) is 16.2. The predicted octanol–water partition coefficient (Wildman–Crippen LogP) is 5.39. The van der Waals surface area contributed by atoms with Gasteiger partial charge in [0.05, 0.1) is 6.10 Å². The Labute approximate surface area is 215 Å². The highest BCUT2D eigenvalue weighted by Gasteiger charge is 2.42. The monoisotopic (exact) mass is 556 g/mol. The van der Waals surface area contributed by atoms with Crippen molar-refractivity contribution in [3.63, 3.8) is 0 Å². The number of benzene rings is 1. The van der Waals surface area contributed by atoms with Crippen LogP contribution in [-0.2, 0) is 9.59 Å². The highest BCUT2D eigenvalue weighted by molar-refractivity contribution is 9.10. The summed E-state index contributed by atoms with van der Waals surface area (Å²) in [7, 11) is 0. The molecule has 2 unspecified atom stereocenters. The number of aliphatic carboxylic acids is 1. The van der Waals surface area contributed by atoms with Crippen LogP contribution in [0, 0.1) is 5.92 Å². The molecule has 4 atom stereocenters. The molecule has 1 aromatic carbocycles. The third kappa shape index (κ3) is 10.1. The second kappa shape index (κ2) is 14.9. The number of carbonyl (C=O) groups is 2. The molecule has 0 aromatic heterocycles. The number of carbonyl (C=O) groups excluding carboxylic acids is 1. The lowest BCUT2D eigenvalue weighted by molar-refractivity contribution is -0.137. The summed E-state index contributed by atoms with van der Waals surface area (Å²) in [4.78, 5) is 23.1. The first-order valence-electron chi connectivity index (χ1n) is 12.0. The Hall–Kier alpha value is -1.35. The van der Waals surface area contributed by atoms with Crippen LogP contribution in [0.4, 0.5) is 0 Å². The molecule has 190 valence electrons. The van der Waals surface area contributed by atoms with Gasteiger partial charge >= 0.3 is 5.97 Å². The van der Waals surface area contributed by atoms with Gasteiger partial charge in [-0.15, -0.1) is 0 Å². The van der Waals surface area contributed by atoms with Crippen molar-refractivity contribution < 1.29 is 29.6 Å². The molecule has 0 saturated heterocycles. The van der Waals surface area contributed by atoms with Crippen molar-refractivity contribution in [2.75, 3.05) is 12.4 Å². The topological polar surface area (TPSA) is 104 Å². The molecule has 1 fully saturated rings. The third-order valence-corrected chi connectivity index (χ3v) is 8.29. The van der Waals surface area contributed by atoms with Crippen LogP contribution in [-0.4, -0.2) is 56.4 Å². The Balaban J connectivity index is 1.96. The lowest BCUT2D eigenvalue weighted by Gasteiger charge is -2.30. The summed E-state index contributed by atoms with van der Waals surface area (Å²) in [5, 5.41) is 30.4. The van der Waals surface area contributed by atoms with Gasteiger partial charge in [-0.25, -0.2) is 0 Å². The molecule has 1 aromatic rings. The van der Waals surface area contributed by atoms with Crippen LogP contribution >= 0.6 is 27.7 Å². The second-order valence-electron chi connectivity index (χ2n) is 9.04. The van der Waals surface area contributed by atoms with E-state index in [1.807, 2.05) is 36.4 Å². The molecular weight excluding hydrogens is 520 g/mol. The number of aliphatic hydroxyl groups excluding tert-OH is 1. The molecule has 34 heavy (non-hydrogen) atoms. The highest BCUT2D eigenvalue weighted by atomic mass is 79.9. The first-order valence-corrected chi connectivity index (χ1v) is 13.9. The molecule has 6 nitrogen and oxygen atoms in total. The van der Waals surface area contributed by atoms with Gasteiger partial charge in [0.2, 0.25) is 0 Å². The molecule has 8 heteroatoms. The SMILES string of the molecule is CCCCCC(O)(COc1ccc(Br)cc1)CS[C@H]1C(O)CC(=O)[C@@H]1CC=CCCCC(=O)O. The number of hydrogen-bond acceptors (Lipinski definition) is 6. The quantitative estimate of drug-likeness (QED) is 0.185. The van der Waals surface area contributed by atoms with Gasteiger partial charge in [0, 0.05) is 34.2 Å². The first kappa shape index (κ1) is 28.9. The molecule has 0 amide bonds. The molecule has 1 saturated carbocycles. The summed E-state index contributed by atoms with van der Waals surface area (Å²) >= 11 is 4.86. The van der Waals surface area contributed by atoms with Crippen molar-refractivity contribution in [3.8, 4) is 5.75 Å². The molecule has 0 heterocycles. The number of Topliss-reactive ketones (excluding diaryl/α,β-unsaturated/α-hetero) is 1. The molecule has 0 spiro atoms. The summed E-state index contributed by atoms with van der Waals surface area (Å²) in [5.74, 6) is -0.0106. The molecule has 1 aliphatic rings. The van der Waals surface area contributed by atoms with Crippen molar-refractivity contribution in [1.82, 2.24) is 0 Å².